The Kier molecular flexibility index (Phi) is 10.9. The molecular formula is C27H34O16. The van der Waals surface area contributed by atoms with Crippen molar-refractivity contribution in [2.45, 2.75) is 83.6 Å². The maximum Gasteiger partial charge on any atom is 0.339 e. The van der Waals surface area contributed by atoms with Gasteiger partial charge in [0.25, 0.3) is 0 Å². The molecule has 238 valence electrons. The second-order valence-electron chi connectivity index (χ2n) is 9.90. The number of rotatable bonds is 10. The van der Waals surface area contributed by atoms with Gasteiger partial charge in [-0.05, 0) is 12.0 Å². The summed E-state index contributed by atoms with van der Waals surface area (Å²) in [6.45, 7) is 4.73. The summed E-state index contributed by atoms with van der Waals surface area (Å²) in [7, 11) is 1.11. The molecule has 43 heavy (non-hydrogen) atoms. The minimum absolute atomic E-state index is 0.114. The quantitative estimate of drug-likeness (QED) is 0.191. The van der Waals surface area contributed by atoms with Crippen molar-refractivity contribution in [3.05, 3.63) is 23.5 Å². The van der Waals surface area contributed by atoms with Crippen molar-refractivity contribution in [3.8, 4) is 0 Å². The third kappa shape index (κ3) is 7.88. The van der Waals surface area contributed by atoms with Crippen molar-refractivity contribution in [1.29, 1.82) is 0 Å². The standard InChI is InChI=1S/C27H34O16/c1-12(28)36-9-17-7-8-27(34)18(24(33)35-6)10-38-25(20(17)27)43-26-23(41-16(5)32)22(40-15(4)31)21(39-14(3)30)19(42-26)11-37-13(2)29/h7,10,19-23,25-26,34H,8-9,11H2,1-6H3/t19-,20-,21-,22+,23-,25-,26+,27-/m0/s1. The summed E-state index contributed by atoms with van der Waals surface area (Å²) in [5.41, 5.74) is -1.86. The van der Waals surface area contributed by atoms with Crippen molar-refractivity contribution in [3.63, 3.8) is 0 Å². The van der Waals surface area contributed by atoms with Crippen LogP contribution in [0.3, 0.4) is 0 Å². The summed E-state index contributed by atoms with van der Waals surface area (Å²) in [5.74, 6) is -5.91. The smallest absolute Gasteiger partial charge is 0.339 e. The van der Waals surface area contributed by atoms with Crippen LogP contribution in [0, 0.1) is 5.92 Å². The van der Waals surface area contributed by atoms with Gasteiger partial charge in [-0.15, -0.1) is 0 Å². The van der Waals surface area contributed by atoms with Crippen LogP contribution in [0.5, 0.6) is 0 Å². The lowest BCUT2D eigenvalue weighted by atomic mass is 9.79. The summed E-state index contributed by atoms with van der Waals surface area (Å²) >= 11 is 0. The first kappa shape index (κ1) is 33.5. The molecule has 1 N–H and O–H groups in total. The predicted molar refractivity (Wildman–Crippen MR) is 136 cm³/mol. The van der Waals surface area contributed by atoms with Crippen molar-refractivity contribution in [2.24, 2.45) is 5.92 Å². The SMILES string of the molecule is COC(=O)C1=CO[C@@H](O[C@H]2O[C@@H](COC(C)=O)[C@H](OC(C)=O)[C@@H](OC(C)=O)[C@@H]2OC(C)=O)[C@@H]2C(COC(C)=O)=CC[C@]12O. The van der Waals surface area contributed by atoms with Crippen molar-refractivity contribution in [2.75, 3.05) is 20.3 Å². The first-order valence-electron chi connectivity index (χ1n) is 13.1. The monoisotopic (exact) mass is 614 g/mol. The van der Waals surface area contributed by atoms with Gasteiger partial charge in [0.1, 0.15) is 30.5 Å². The van der Waals surface area contributed by atoms with Crippen LogP contribution in [0.1, 0.15) is 41.0 Å². The number of carbonyl (C=O) groups excluding carboxylic acids is 6. The Hall–Kier alpha value is -4.02. The number of esters is 6. The Balaban J connectivity index is 2.05. The molecule has 0 unspecified atom stereocenters. The van der Waals surface area contributed by atoms with Crippen molar-refractivity contribution < 1.29 is 76.5 Å². The second kappa shape index (κ2) is 14.0. The molecule has 0 amide bonds. The molecule has 0 saturated carbocycles. The third-order valence-electron chi connectivity index (χ3n) is 6.71. The molecule has 16 nitrogen and oxygen atoms in total. The van der Waals surface area contributed by atoms with Crippen LogP contribution in [0.4, 0.5) is 0 Å². The van der Waals surface area contributed by atoms with Crippen molar-refractivity contribution >= 4 is 35.8 Å². The molecule has 1 aliphatic carbocycles. The topological polar surface area (TPSA) is 206 Å². The summed E-state index contributed by atoms with van der Waals surface area (Å²) in [6.07, 6.45) is -6.59. The van der Waals surface area contributed by atoms with E-state index < -0.39 is 90.9 Å². The lowest BCUT2D eigenvalue weighted by molar-refractivity contribution is -0.345. The lowest BCUT2D eigenvalue weighted by Crippen LogP contribution is -2.64. The summed E-state index contributed by atoms with van der Waals surface area (Å²) in [5, 5.41) is 11.7. The van der Waals surface area contributed by atoms with E-state index in [2.05, 4.69) is 0 Å². The maximum absolute atomic E-state index is 12.5. The normalized spacial score (nSPS) is 31.2. The number of carbonyl (C=O) groups is 6. The molecule has 3 rings (SSSR count). The zero-order valence-electron chi connectivity index (χ0n) is 24.4. The van der Waals surface area contributed by atoms with Crippen LogP contribution < -0.4 is 0 Å². The van der Waals surface area contributed by atoms with Crippen LogP contribution in [-0.4, -0.2) is 104 Å². The van der Waals surface area contributed by atoms with E-state index in [-0.39, 0.29) is 18.6 Å². The predicted octanol–water partition coefficient (Wildman–Crippen LogP) is -0.260. The highest BCUT2D eigenvalue weighted by Gasteiger charge is 2.59. The first-order chi connectivity index (χ1) is 20.2. The molecule has 3 aliphatic rings. The molecule has 0 aromatic rings. The van der Waals surface area contributed by atoms with Gasteiger partial charge in [0.15, 0.2) is 18.3 Å². The highest BCUT2D eigenvalue weighted by atomic mass is 16.8. The zero-order valence-corrected chi connectivity index (χ0v) is 24.4. The number of methoxy groups -OCH3 is 1. The van der Waals surface area contributed by atoms with E-state index in [4.69, 9.17) is 42.6 Å². The van der Waals surface area contributed by atoms with E-state index in [1.54, 1.807) is 6.08 Å². The molecule has 16 heteroatoms. The van der Waals surface area contributed by atoms with Gasteiger partial charge in [-0.25, -0.2) is 4.79 Å². The zero-order chi connectivity index (χ0) is 32.1. The highest BCUT2D eigenvalue weighted by molar-refractivity contribution is 5.91. The van der Waals surface area contributed by atoms with Gasteiger partial charge in [0, 0.05) is 34.6 Å². The van der Waals surface area contributed by atoms with Crippen LogP contribution in [0.15, 0.2) is 23.5 Å². The molecule has 1 fully saturated rings. The van der Waals surface area contributed by atoms with E-state index in [0.29, 0.717) is 5.57 Å². The lowest BCUT2D eigenvalue weighted by Gasteiger charge is -2.46. The Labute approximate surface area is 246 Å². The molecule has 0 spiro atoms. The van der Waals surface area contributed by atoms with E-state index in [0.717, 1.165) is 41.1 Å². The van der Waals surface area contributed by atoms with E-state index in [9.17, 15) is 33.9 Å². The molecule has 2 heterocycles. The average molecular weight is 615 g/mol. The fourth-order valence-corrected chi connectivity index (χ4v) is 5.05. The van der Waals surface area contributed by atoms with E-state index in [1.807, 2.05) is 0 Å². The molecule has 0 aromatic heterocycles. The number of aliphatic hydroxyl groups is 1. The summed E-state index contributed by atoms with van der Waals surface area (Å²) < 4.78 is 48.9. The van der Waals surface area contributed by atoms with Crippen LogP contribution in [0.25, 0.3) is 0 Å². The van der Waals surface area contributed by atoms with E-state index in [1.165, 1.54) is 6.92 Å². The third-order valence-corrected chi connectivity index (χ3v) is 6.71. The average Bonchev–Trinajstić information content (AvgIpc) is 3.26. The summed E-state index contributed by atoms with van der Waals surface area (Å²) in [6, 6.07) is 0. The van der Waals surface area contributed by atoms with Gasteiger partial charge in [-0.2, -0.15) is 0 Å². The number of ether oxygens (including phenoxy) is 9. The van der Waals surface area contributed by atoms with Crippen molar-refractivity contribution in [1.82, 2.24) is 0 Å². The highest BCUT2D eigenvalue weighted by Crippen LogP contribution is 2.48. The molecule has 0 bridgehead atoms. The largest absolute Gasteiger partial charge is 0.471 e. The minimum atomic E-state index is -1.94. The minimum Gasteiger partial charge on any atom is -0.471 e. The second-order valence-corrected chi connectivity index (χ2v) is 9.90. The first-order valence-corrected chi connectivity index (χ1v) is 13.1. The Morgan fingerprint density at radius 3 is 1.98 bits per heavy atom. The Morgan fingerprint density at radius 1 is 0.837 bits per heavy atom. The molecule has 0 aromatic carbocycles. The van der Waals surface area contributed by atoms with Gasteiger partial charge in [0.2, 0.25) is 12.6 Å². The molecule has 1 saturated heterocycles. The maximum atomic E-state index is 12.5. The molecule has 2 aliphatic heterocycles. The number of fused-ring (bicyclic) bond motifs is 1. The van der Waals surface area contributed by atoms with Crippen LogP contribution >= 0.6 is 0 Å². The Bertz CT molecular complexity index is 1190. The van der Waals surface area contributed by atoms with Crippen LogP contribution in [0.2, 0.25) is 0 Å². The summed E-state index contributed by atoms with van der Waals surface area (Å²) in [4.78, 5) is 71.9. The van der Waals surface area contributed by atoms with Crippen LogP contribution in [-0.2, 0) is 71.4 Å². The molecule has 0 radical (unpaired) electrons. The Morgan fingerprint density at radius 2 is 1.42 bits per heavy atom. The van der Waals surface area contributed by atoms with Gasteiger partial charge in [0.05, 0.1) is 19.3 Å². The fourth-order valence-electron chi connectivity index (χ4n) is 5.05. The molecular weight excluding hydrogens is 580 g/mol. The van der Waals surface area contributed by atoms with Gasteiger partial charge < -0.3 is 47.7 Å². The molecule has 8 atom stereocenters. The van der Waals surface area contributed by atoms with Gasteiger partial charge in [-0.3, -0.25) is 24.0 Å². The fraction of sp³-hybridized carbons (Fsp3) is 0.630. The number of hydrogen-bond acceptors (Lipinski definition) is 16. The number of hydrogen-bond donors (Lipinski definition) is 1. The van der Waals surface area contributed by atoms with Gasteiger partial charge >= 0.3 is 35.8 Å². The van der Waals surface area contributed by atoms with E-state index >= 15 is 0 Å². The van der Waals surface area contributed by atoms with Gasteiger partial charge in [-0.1, -0.05) is 6.08 Å².